The van der Waals surface area contributed by atoms with Crippen LogP contribution in [-0.2, 0) is 10.8 Å². The number of carbonyl (C=O) groups excluding carboxylic acids is 1. The summed E-state index contributed by atoms with van der Waals surface area (Å²) in [5.74, 6) is 0.826. The first-order valence-corrected chi connectivity index (χ1v) is 8.18. The monoisotopic (exact) mass is 290 g/mol. The van der Waals surface area contributed by atoms with E-state index in [1.807, 2.05) is 6.92 Å². The van der Waals surface area contributed by atoms with E-state index in [0.29, 0.717) is 28.2 Å². The number of nitrogens with one attached hydrogen (secondary N) is 2. The Labute approximate surface area is 113 Å². The largest absolute Gasteiger partial charge is 0.360 e. The normalized spacial score (nSPS) is 12.1. The van der Waals surface area contributed by atoms with Crippen LogP contribution in [0.1, 0.15) is 30.1 Å². The van der Waals surface area contributed by atoms with Gasteiger partial charge in [-0.05, 0) is 6.42 Å². The molecule has 0 aromatic carbocycles. The van der Waals surface area contributed by atoms with E-state index in [1.165, 1.54) is 11.3 Å². The van der Waals surface area contributed by atoms with Crippen LogP contribution in [0.5, 0.6) is 0 Å². The van der Waals surface area contributed by atoms with E-state index >= 15 is 0 Å². The minimum absolute atomic E-state index is 0.259. The van der Waals surface area contributed by atoms with Gasteiger partial charge in [-0.2, -0.15) is 0 Å². The Bertz CT molecular complexity index is 408. The number of hydrogen-bond acceptors (Lipinski definition) is 6. The van der Waals surface area contributed by atoms with Gasteiger partial charge in [0, 0.05) is 35.4 Å². The molecule has 1 amide bonds. The fourth-order valence-corrected chi connectivity index (χ4v) is 2.42. The van der Waals surface area contributed by atoms with Crippen LogP contribution in [0.15, 0.2) is 0 Å². The molecule has 102 valence electrons. The van der Waals surface area contributed by atoms with Crippen LogP contribution in [0.2, 0.25) is 0 Å². The second-order valence-corrected chi connectivity index (χ2v) is 6.37. The highest BCUT2D eigenvalue weighted by Gasteiger charge is 2.12. The fourth-order valence-electron chi connectivity index (χ4n) is 1.12. The van der Waals surface area contributed by atoms with Gasteiger partial charge in [0.2, 0.25) is 10.1 Å². The van der Waals surface area contributed by atoms with E-state index in [1.54, 1.807) is 0 Å². The van der Waals surface area contributed by atoms with Gasteiger partial charge < -0.3 is 10.6 Å². The highest BCUT2D eigenvalue weighted by atomic mass is 32.2. The molecule has 0 aliphatic heterocycles. The number of hydrogen-bond donors (Lipinski definition) is 2. The van der Waals surface area contributed by atoms with Crippen molar-refractivity contribution in [2.75, 3.05) is 29.9 Å². The molecule has 0 fully saturated rings. The predicted molar refractivity (Wildman–Crippen MR) is 74.6 cm³/mol. The first-order chi connectivity index (χ1) is 8.67. The van der Waals surface area contributed by atoms with Crippen LogP contribution in [0.4, 0.5) is 5.13 Å². The molecule has 0 aliphatic rings. The van der Waals surface area contributed by atoms with Crippen molar-refractivity contribution in [1.82, 2.24) is 15.5 Å². The van der Waals surface area contributed by atoms with Crippen LogP contribution in [-0.4, -0.2) is 44.9 Å². The first kappa shape index (κ1) is 15.0. The molecule has 6 nitrogen and oxygen atoms in total. The van der Waals surface area contributed by atoms with Gasteiger partial charge in [0.05, 0.1) is 0 Å². The molecule has 1 aromatic rings. The summed E-state index contributed by atoms with van der Waals surface area (Å²) in [4.78, 5) is 11.7. The number of aromatic nitrogens is 2. The van der Waals surface area contributed by atoms with Crippen molar-refractivity contribution < 1.29 is 9.00 Å². The summed E-state index contributed by atoms with van der Waals surface area (Å²) in [7, 11) is -0.859. The Morgan fingerprint density at radius 2 is 2.11 bits per heavy atom. The van der Waals surface area contributed by atoms with E-state index in [9.17, 15) is 9.00 Å². The Morgan fingerprint density at radius 3 is 2.78 bits per heavy atom. The first-order valence-electron chi connectivity index (χ1n) is 5.87. The molecular weight excluding hydrogens is 272 g/mol. The molecule has 1 rings (SSSR count). The molecule has 0 spiro atoms. The van der Waals surface area contributed by atoms with Crippen LogP contribution in [0.25, 0.3) is 0 Å². The van der Waals surface area contributed by atoms with Gasteiger partial charge in [0.25, 0.3) is 5.91 Å². The molecule has 1 unspecified atom stereocenters. The maximum atomic E-state index is 11.7. The van der Waals surface area contributed by atoms with Crippen LogP contribution in [0, 0.1) is 0 Å². The molecule has 1 atom stereocenters. The molecule has 1 aromatic heterocycles. The number of anilines is 1. The molecule has 18 heavy (non-hydrogen) atoms. The summed E-state index contributed by atoms with van der Waals surface area (Å²) in [6.07, 6.45) is 0.990. The molecule has 0 saturated heterocycles. The Kier molecular flexibility index (Phi) is 6.81. The lowest BCUT2D eigenvalue weighted by molar-refractivity contribution is 0.0955. The molecule has 0 radical (unpaired) electrons. The average Bonchev–Trinajstić information content (AvgIpc) is 2.84. The molecule has 8 heteroatoms. The highest BCUT2D eigenvalue weighted by molar-refractivity contribution is 7.84. The summed E-state index contributed by atoms with van der Waals surface area (Å²) in [5, 5.41) is 14.4. The number of rotatable bonds is 8. The summed E-state index contributed by atoms with van der Waals surface area (Å²) in [5.41, 5.74) is 0. The Hall–Kier alpha value is -1.02. The van der Waals surface area contributed by atoms with Crippen LogP contribution in [0.3, 0.4) is 0 Å². The fraction of sp³-hybridized carbons (Fsp3) is 0.700. The summed E-state index contributed by atoms with van der Waals surface area (Å²) in [6.45, 7) is 5.12. The third-order valence-corrected chi connectivity index (χ3v) is 4.27. The molecule has 0 saturated carbocycles. The SMILES string of the molecule is CCCNc1nnc(C(=O)NCCS(=O)CC)s1. The third kappa shape index (κ3) is 5.09. The number of carbonyl (C=O) groups is 1. The Morgan fingerprint density at radius 1 is 1.33 bits per heavy atom. The minimum Gasteiger partial charge on any atom is -0.360 e. The lowest BCUT2D eigenvalue weighted by Gasteiger charge is -2.01. The summed E-state index contributed by atoms with van der Waals surface area (Å²) < 4.78 is 11.2. The minimum atomic E-state index is -0.859. The predicted octanol–water partition coefficient (Wildman–Crippen LogP) is 0.858. The lowest BCUT2D eigenvalue weighted by Crippen LogP contribution is -2.27. The van der Waals surface area contributed by atoms with Gasteiger partial charge in [0.15, 0.2) is 0 Å². The van der Waals surface area contributed by atoms with Crippen molar-refractivity contribution in [3.63, 3.8) is 0 Å². The van der Waals surface area contributed by atoms with E-state index in [4.69, 9.17) is 0 Å². The number of nitrogens with zero attached hydrogens (tertiary/aromatic N) is 2. The van der Waals surface area contributed by atoms with Crippen molar-refractivity contribution in [3.05, 3.63) is 5.01 Å². The summed E-state index contributed by atoms with van der Waals surface area (Å²) >= 11 is 1.22. The van der Waals surface area contributed by atoms with Crippen molar-refractivity contribution in [1.29, 1.82) is 0 Å². The van der Waals surface area contributed by atoms with Gasteiger partial charge >= 0.3 is 0 Å². The second kappa shape index (κ2) is 8.15. The van der Waals surface area contributed by atoms with E-state index in [-0.39, 0.29) is 5.91 Å². The zero-order chi connectivity index (χ0) is 13.4. The van der Waals surface area contributed by atoms with E-state index in [0.717, 1.165) is 13.0 Å². The van der Waals surface area contributed by atoms with Gasteiger partial charge in [0.1, 0.15) is 0 Å². The van der Waals surface area contributed by atoms with Gasteiger partial charge in [-0.3, -0.25) is 9.00 Å². The molecule has 2 N–H and O–H groups in total. The van der Waals surface area contributed by atoms with Crippen molar-refractivity contribution in [2.24, 2.45) is 0 Å². The van der Waals surface area contributed by atoms with Crippen molar-refractivity contribution >= 4 is 33.2 Å². The molecular formula is C10H18N4O2S2. The molecule has 0 bridgehead atoms. The van der Waals surface area contributed by atoms with Gasteiger partial charge in [-0.15, -0.1) is 10.2 Å². The van der Waals surface area contributed by atoms with Gasteiger partial charge in [-0.1, -0.05) is 25.2 Å². The third-order valence-electron chi connectivity index (χ3n) is 2.08. The second-order valence-electron chi connectivity index (χ2n) is 3.53. The van der Waals surface area contributed by atoms with Crippen LogP contribution >= 0.6 is 11.3 Å². The van der Waals surface area contributed by atoms with Crippen LogP contribution < -0.4 is 10.6 Å². The quantitative estimate of drug-likeness (QED) is 0.742. The molecule has 0 aliphatic carbocycles. The smallest absolute Gasteiger partial charge is 0.282 e. The average molecular weight is 290 g/mol. The van der Waals surface area contributed by atoms with Crippen molar-refractivity contribution in [2.45, 2.75) is 20.3 Å². The lowest BCUT2D eigenvalue weighted by atomic mass is 10.5. The van der Waals surface area contributed by atoms with Gasteiger partial charge in [-0.25, -0.2) is 0 Å². The number of amides is 1. The zero-order valence-electron chi connectivity index (χ0n) is 10.6. The maximum absolute atomic E-state index is 11.7. The summed E-state index contributed by atoms with van der Waals surface area (Å²) in [6, 6.07) is 0. The van der Waals surface area contributed by atoms with Crippen molar-refractivity contribution in [3.8, 4) is 0 Å². The van der Waals surface area contributed by atoms with E-state index in [2.05, 4.69) is 27.8 Å². The standard InChI is InChI=1S/C10H18N4O2S2/c1-3-5-12-10-14-13-9(17-10)8(15)11-6-7-18(16)4-2/h3-7H2,1-2H3,(H,11,15)(H,12,14). The molecule has 1 heterocycles. The zero-order valence-corrected chi connectivity index (χ0v) is 12.2. The van der Waals surface area contributed by atoms with E-state index < -0.39 is 10.8 Å². The Balaban J connectivity index is 2.37. The highest BCUT2D eigenvalue weighted by Crippen LogP contribution is 2.14. The maximum Gasteiger partial charge on any atom is 0.282 e. The topological polar surface area (TPSA) is 84.0 Å².